The smallest absolute Gasteiger partial charge is 0.283 e. The summed E-state index contributed by atoms with van der Waals surface area (Å²) in [6.07, 6.45) is 4.28. The van der Waals surface area contributed by atoms with E-state index in [1.807, 2.05) is 0 Å². The van der Waals surface area contributed by atoms with E-state index in [4.69, 9.17) is 0 Å². The van der Waals surface area contributed by atoms with Crippen molar-refractivity contribution >= 4 is 21.6 Å². The van der Waals surface area contributed by atoms with Gasteiger partial charge in [-0.05, 0) is 29.3 Å². The van der Waals surface area contributed by atoms with Crippen molar-refractivity contribution in [1.29, 1.82) is 0 Å². The van der Waals surface area contributed by atoms with Gasteiger partial charge < -0.3 is 5.32 Å². The molecule has 0 bridgehead atoms. The van der Waals surface area contributed by atoms with Crippen LogP contribution in [0.4, 0.5) is 5.69 Å². The van der Waals surface area contributed by atoms with Crippen molar-refractivity contribution < 1.29 is 0 Å². The molecule has 0 saturated heterocycles. The molecule has 0 aliphatic carbocycles. The summed E-state index contributed by atoms with van der Waals surface area (Å²) < 4.78 is 1.88. The third-order valence-corrected chi connectivity index (χ3v) is 3.07. The lowest BCUT2D eigenvalue weighted by Gasteiger charge is -2.14. The Bertz CT molecular complexity index is 428. The van der Waals surface area contributed by atoms with Gasteiger partial charge in [0.1, 0.15) is 4.47 Å². The average molecular weight is 286 g/mol. The molecule has 0 aromatic carbocycles. The lowest BCUT2D eigenvalue weighted by atomic mass is 10.2. The van der Waals surface area contributed by atoms with Gasteiger partial charge in [0.05, 0.1) is 18.4 Å². The molecule has 0 spiro atoms. The largest absolute Gasteiger partial charge is 0.380 e. The number of rotatable bonds is 5. The van der Waals surface area contributed by atoms with E-state index in [0.717, 1.165) is 12.1 Å². The first-order valence-electron chi connectivity index (χ1n) is 5.23. The van der Waals surface area contributed by atoms with E-state index < -0.39 is 0 Å². The van der Waals surface area contributed by atoms with Crippen LogP contribution in [0.3, 0.4) is 0 Å². The Morgan fingerprint density at radius 2 is 2.44 bits per heavy atom. The SMILES string of the molecule is C=CCn1ncc(NC(C)CC)c(Br)c1=O. The molecule has 88 valence electrons. The minimum atomic E-state index is -0.145. The maximum atomic E-state index is 11.8. The highest BCUT2D eigenvalue weighted by molar-refractivity contribution is 9.10. The zero-order chi connectivity index (χ0) is 12.1. The van der Waals surface area contributed by atoms with Gasteiger partial charge in [0.15, 0.2) is 0 Å². The van der Waals surface area contributed by atoms with Crippen LogP contribution in [0, 0.1) is 0 Å². The fourth-order valence-electron chi connectivity index (χ4n) is 1.19. The summed E-state index contributed by atoms with van der Waals surface area (Å²) in [4.78, 5) is 11.8. The lowest BCUT2D eigenvalue weighted by molar-refractivity contribution is 0.646. The first kappa shape index (κ1) is 13.0. The summed E-state index contributed by atoms with van der Waals surface area (Å²) in [6, 6.07) is 0.313. The Hall–Kier alpha value is -1.10. The molecule has 1 N–H and O–H groups in total. The minimum Gasteiger partial charge on any atom is -0.380 e. The monoisotopic (exact) mass is 285 g/mol. The van der Waals surface area contributed by atoms with Gasteiger partial charge in [0.2, 0.25) is 0 Å². The first-order chi connectivity index (χ1) is 7.60. The summed E-state index contributed by atoms with van der Waals surface area (Å²) in [6.45, 7) is 8.14. The van der Waals surface area contributed by atoms with Crippen molar-refractivity contribution in [3.8, 4) is 0 Å². The molecule has 0 amide bonds. The van der Waals surface area contributed by atoms with E-state index in [0.29, 0.717) is 17.1 Å². The molecule has 1 aromatic heterocycles. The van der Waals surface area contributed by atoms with Crippen molar-refractivity contribution in [3.63, 3.8) is 0 Å². The van der Waals surface area contributed by atoms with Gasteiger partial charge in [-0.2, -0.15) is 5.10 Å². The maximum Gasteiger partial charge on any atom is 0.283 e. The second-order valence-corrected chi connectivity index (χ2v) is 4.39. The van der Waals surface area contributed by atoms with Crippen molar-refractivity contribution in [2.75, 3.05) is 5.32 Å². The molecule has 0 fully saturated rings. The van der Waals surface area contributed by atoms with Crippen molar-refractivity contribution in [2.24, 2.45) is 0 Å². The molecule has 1 atom stereocenters. The second kappa shape index (κ2) is 5.84. The summed E-state index contributed by atoms with van der Waals surface area (Å²) >= 11 is 3.29. The molecule has 0 aliphatic rings. The molecule has 1 heterocycles. The van der Waals surface area contributed by atoms with Gasteiger partial charge in [-0.25, -0.2) is 4.68 Å². The van der Waals surface area contributed by atoms with Gasteiger partial charge in [-0.15, -0.1) is 6.58 Å². The number of anilines is 1. The Kier molecular flexibility index (Phi) is 4.73. The number of allylic oxidation sites excluding steroid dienone is 1. The molecule has 5 heteroatoms. The molecule has 0 radical (unpaired) electrons. The summed E-state index contributed by atoms with van der Waals surface area (Å²) in [5.74, 6) is 0. The molecule has 4 nitrogen and oxygen atoms in total. The average Bonchev–Trinajstić information content (AvgIpc) is 2.28. The first-order valence-corrected chi connectivity index (χ1v) is 6.02. The molecule has 1 aromatic rings. The summed E-state index contributed by atoms with van der Waals surface area (Å²) in [5, 5.41) is 7.28. The number of nitrogens with one attached hydrogen (secondary N) is 1. The predicted octanol–water partition coefficient (Wildman–Crippen LogP) is 2.40. The number of aromatic nitrogens is 2. The van der Waals surface area contributed by atoms with Crippen LogP contribution in [0.2, 0.25) is 0 Å². The Morgan fingerprint density at radius 1 is 1.75 bits per heavy atom. The van der Waals surface area contributed by atoms with E-state index in [1.54, 1.807) is 12.3 Å². The fraction of sp³-hybridized carbons (Fsp3) is 0.455. The van der Waals surface area contributed by atoms with E-state index in [9.17, 15) is 4.79 Å². The number of halogens is 1. The van der Waals surface area contributed by atoms with Gasteiger partial charge in [0, 0.05) is 6.04 Å². The quantitative estimate of drug-likeness (QED) is 0.845. The van der Waals surface area contributed by atoms with Crippen LogP contribution in [-0.4, -0.2) is 15.8 Å². The molecule has 0 aliphatic heterocycles. The second-order valence-electron chi connectivity index (χ2n) is 3.60. The third kappa shape index (κ3) is 2.95. The Labute approximate surface area is 103 Å². The maximum absolute atomic E-state index is 11.8. The molecule has 16 heavy (non-hydrogen) atoms. The van der Waals surface area contributed by atoms with E-state index in [-0.39, 0.29) is 5.56 Å². The van der Waals surface area contributed by atoms with Crippen LogP contribution in [0.1, 0.15) is 20.3 Å². The molecule has 1 unspecified atom stereocenters. The summed E-state index contributed by atoms with van der Waals surface area (Å²) in [7, 11) is 0. The van der Waals surface area contributed by atoms with Crippen LogP contribution in [0.5, 0.6) is 0 Å². The van der Waals surface area contributed by atoms with E-state index >= 15 is 0 Å². The van der Waals surface area contributed by atoms with Crippen LogP contribution >= 0.6 is 15.9 Å². The molecule has 0 saturated carbocycles. The normalized spacial score (nSPS) is 12.2. The topological polar surface area (TPSA) is 46.9 Å². The molecule has 1 rings (SSSR count). The van der Waals surface area contributed by atoms with Crippen molar-refractivity contribution in [2.45, 2.75) is 32.9 Å². The van der Waals surface area contributed by atoms with Gasteiger partial charge in [-0.1, -0.05) is 13.0 Å². The highest BCUT2D eigenvalue weighted by Crippen LogP contribution is 2.17. The zero-order valence-corrected chi connectivity index (χ0v) is 11.1. The highest BCUT2D eigenvalue weighted by Gasteiger charge is 2.09. The van der Waals surface area contributed by atoms with E-state index in [2.05, 4.69) is 46.8 Å². The molecular formula is C11H16BrN3O. The van der Waals surface area contributed by atoms with Gasteiger partial charge in [-0.3, -0.25) is 4.79 Å². The standard InChI is InChI=1S/C11H16BrN3O/c1-4-6-15-11(16)10(12)9(7-13-15)14-8(3)5-2/h4,7-8,14H,1,5-6H2,2-3H3. The van der Waals surface area contributed by atoms with E-state index in [1.165, 1.54) is 4.68 Å². The third-order valence-electron chi connectivity index (χ3n) is 2.30. The van der Waals surface area contributed by atoms with Crippen molar-refractivity contribution in [1.82, 2.24) is 9.78 Å². The fourth-order valence-corrected chi connectivity index (χ4v) is 1.61. The zero-order valence-electron chi connectivity index (χ0n) is 9.53. The predicted molar refractivity (Wildman–Crippen MR) is 69.8 cm³/mol. The number of hydrogen-bond donors (Lipinski definition) is 1. The van der Waals surface area contributed by atoms with Gasteiger partial charge >= 0.3 is 0 Å². The van der Waals surface area contributed by atoms with Crippen molar-refractivity contribution in [3.05, 3.63) is 33.7 Å². The van der Waals surface area contributed by atoms with Gasteiger partial charge in [0.25, 0.3) is 5.56 Å². The van der Waals surface area contributed by atoms with Crippen LogP contribution in [0.25, 0.3) is 0 Å². The van der Waals surface area contributed by atoms with Crippen LogP contribution < -0.4 is 10.9 Å². The number of hydrogen-bond acceptors (Lipinski definition) is 3. The Balaban J connectivity index is 3.02. The Morgan fingerprint density at radius 3 is 3.00 bits per heavy atom. The lowest BCUT2D eigenvalue weighted by Crippen LogP contribution is -2.25. The highest BCUT2D eigenvalue weighted by atomic mass is 79.9. The minimum absolute atomic E-state index is 0.145. The number of nitrogens with zero attached hydrogens (tertiary/aromatic N) is 2. The summed E-state index contributed by atoms with van der Waals surface area (Å²) in [5.41, 5.74) is 0.591. The molecular weight excluding hydrogens is 270 g/mol. The van der Waals surface area contributed by atoms with Crippen LogP contribution in [0.15, 0.2) is 28.1 Å². The van der Waals surface area contributed by atoms with Crippen LogP contribution in [-0.2, 0) is 6.54 Å².